The quantitative estimate of drug-likeness (QED) is 0.425. The van der Waals surface area contributed by atoms with Gasteiger partial charge in [-0.3, -0.25) is 28.4 Å². The Morgan fingerprint density at radius 3 is 2.93 bits per heavy atom. The molecule has 14 heteroatoms. The molecule has 3 heterocycles. The van der Waals surface area contributed by atoms with Gasteiger partial charge in [-0.1, -0.05) is 17.0 Å². The van der Waals surface area contributed by atoms with Crippen molar-refractivity contribution in [2.45, 2.75) is 31.8 Å². The number of aliphatic hydroxyl groups is 1. The molecule has 3 aromatic rings. The lowest BCUT2D eigenvalue weighted by molar-refractivity contribution is -0.0471. The van der Waals surface area contributed by atoms with Crippen LogP contribution in [0.25, 0.3) is 11.0 Å². The zero-order valence-corrected chi connectivity index (χ0v) is 16.5. The topological polar surface area (TPSA) is 171 Å². The fraction of sp³-hybridized carbons (Fsp3) is 0.375. The molecule has 0 saturated carbocycles. The number of ether oxygens (including phenoxy) is 1. The highest BCUT2D eigenvalue weighted by atomic mass is 31.2. The molecule has 160 valence electrons. The summed E-state index contributed by atoms with van der Waals surface area (Å²) in [5.41, 5.74) is -0.107. The van der Waals surface area contributed by atoms with Gasteiger partial charge in [-0.05, 0) is 24.3 Å². The smallest absolute Gasteiger partial charge is 0.390 e. The molecule has 1 fully saturated rings. The van der Waals surface area contributed by atoms with Gasteiger partial charge in [0.1, 0.15) is 23.4 Å². The Hall–Kier alpha value is -2.83. The summed E-state index contributed by atoms with van der Waals surface area (Å²) in [4.78, 5) is 36.4. The summed E-state index contributed by atoms with van der Waals surface area (Å²) in [6, 6.07) is 6.64. The van der Waals surface area contributed by atoms with Gasteiger partial charge in [0.15, 0.2) is 0 Å². The Bertz CT molecular complexity index is 1240. The second-order valence-electron chi connectivity index (χ2n) is 6.71. The summed E-state index contributed by atoms with van der Waals surface area (Å²) >= 11 is 0. The van der Waals surface area contributed by atoms with Crippen molar-refractivity contribution in [1.29, 1.82) is 0 Å². The standard InChI is InChI=1S/C16H18N5O8P/c1-9-7-20(16(24)17-15(9)23)14-6-12(22)13(28-14)8-27-30(25,26)29-21-11-5-3-2-4-10(11)18-19-21/h2-5,7,12-14,22H,6,8H2,1H3,(H,25,26)(H,17,23,24). The zero-order chi connectivity index (χ0) is 21.5. The van der Waals surface area contributed by atoms with Crippen LogP contribution in [0.3, 0.4) is 0 Å². The number of hydrogen-bond donors (Lipinski definition) is 3. The van der Waals surface area contributed by atoms with E-state index in [0.717, 1.165) is 9.41 Å². The third-order valence-electron chi connectivity index (χ3n) is 4.56. The lowest BCUT2D eigenvalue weighted by atomic mass is 10.2. The molecular weight excluding hydrogens is 421 g/mol. The Balaban J connectivity index is 1.42. The van der Waals surface area contributed by atoms with E-state index in [0.29, 0.717) is 16.6 Å². The van der Waals surface area contributed by atoms with Gasteiger partial charge in [-0.15, -0.1) is 5.10 Å². The van der Waals surface area contributed by atoms with Crippen molar-refractivity contribution in [2.75, 3.05) is 6.61 Å². The van der Waals surface area contributed by atoms with Crippen LogP contribution in [0.15, 0.2) is 40.1 Å². The molecule has 30 heavy (non-hydrogen) atoms. The molecule has 3 N–H and O–H groups in total. The van der Waals surface area contributed by atoms with Crippen LogP contribution in [-0.4, -0.2) is 53.5 Å². The van der Waals surface area contributed by atoms with E-state index < -0.39 is 44.1 Å². The van der Waals surface area contributed by atoms with Crippen molar-refractivity contribution < 1.29 is 28.5 Å². The van der Waals surface area contributed by atoms with E-state index in [1.165, 1.54) is 13.1 Å². The monoisotopic (exact) mass is 439 g/mol. The molecule has 0 spiro atoms. The maximum atomic E-state index is 12.3. The average Bonchev–Trinajstić information content (AvgIpc) is 3.26. The van der Waals surface area contributed by atoms with E-state index in [-0.39, 0.29) is 6.42 Å². The van der Waals surface area contributed by atoms with Crippen molar-refractivity contribution in [3.63, 3.8) is 0 Å². The zero-order valence-electron chi connectivity index (χ0n) is 15.6. The van der Waals surface area contributed by atoms with Gasteiger partial charge in [0.05, 0.1) is 12.7 Å². The maximum absolute atomic E-state index is 12.3. The summed E-state index contributed by atoms with van der Waals surface area (Å²) in [6.07, 6.45) is -1.64. The van der Waals surface area contributed by atoms with Crippen LogP contribution in [0.2, 0.25) is 0 Å². The minimum absolute atomic E-state index is 0.0176. The number of aliphatic hydroxyl groups excluding tert-OH is 1. The van der Waals surface area contributed by atoms with Crippen LogP contribution in [0, 0.1) is 6.92 Å². The first-order chi connectivity index (χ1) is 14.2. The highest BCUT2D eigenvalue weighted by molar-refractivity contribution is 7.47. The Morgan fingerprint density at radius 2 is 2.13 bits per heavy atom. The summed E-state index contributed by atoms with van der Waals surface area (Å²) in [6.45, 7) is 1.03. The van der Waals surface area contributed by atoms with E-state index in [2.05, 4.69) is 15.3 Å². The largest absolute Gasteiger partial charge is 0.547 e. The number of aromatic nitrogens is 5. The fourth-order valence-electron chi connectivity index (χ4n) is 3.03. The number of para-hydroxylation sites is 1. The summed E-state index contributed by atoms with van der Waals surface area (Å²) in [5.74, 6) is 0. The van der Waals surface area contributed by atoms with Gasteiger partial charge in [0.25, 0.3) is 5.56 Å². The van der Waals surface area contributed by atoms with Gasteiger partial charge in [0.2, 0.25) is 0 Å². The summed E-state index contributed by atoms with van der Waals surface area (Å²) in [5, 5.41) is 17.6. The minimum atomic E-state index is -4.63. The van der Waals surface area contributed by atoms with Crippen molar-refractivity contribution >= 4 is 18.9 Å². The molecular formula is C16H18N5O8P. The number of nitrogens with zero attached hydrogens (tertiary/aromatic N) is 4. The second-order valence-corrected chi connectivity index (χ2v) is 8.07. The Labute approximate surface area is 168 Å². The normalized spacial score (nSPS) is 23.5. The number of H-pyrrole nitrogens is 1. The fourth-order valence-corrected chi connectivity index (χ4v) is 3.73. The summed E-state index contributed by atoms with van der Waals surface area (Å²) in [7, 11) is -4.63. The lowest BCUT2D eigenvalue weighted by Gasteiger charge is -2.18. The first kappa shape index (κ1) is 20.4. The van der Waals surface area contributed by atoms with Gasteiger partial charge in [-0.25, -0.2) is 9.36 Å². The SMILES string of the molecule is Cc1cn(C2CC(O)C(COP(=O)(O)On3nnc4ccccc43)O2)c(=O)[nH]c1=O. The molecule has 4 unspecified atom stereocenters. The molecule has 13 nitrogen and oxygen atoms in total. The molecule has 0 aliphatic carbocycles. The number of aryl methyl sites for hydroxylation is 1. The van der Waals surface area contributed by atoms with E-state index in [4.69, 9.17) is 13.9 Å². The van der Waals surface area contributed by atoms with Crippen molar-refractivity contribution in [3.05, 3.63) is 56.9 Å². The van der Waals surface area contributed by atoms with Gasteiger partial charge >= 0.3 is 13.5 Å². The number of nitrogens with one attached hydrogen (secondary N) is 1. The van der Waals surface area contributed by atoms with E-state index >= 15 is 0 Å². The number of fused-ring (bicyclic) bond motifs is 1. The van der Waals surface area contributed by atoms with Crippen molar-refractivity contribution in [2.24, 2.45) is 0 Å². The highest BCUT2D eigenvalue weighted by Crippen LogP contribution is 2.41. The van der Waals surface area contributed by atoms with Crippen molar-refractivity contribution in [1.82, 2.24) is 24.7 Å². The lowest BCUT2D eigenvalue weighted by Crippen LogP contribution is -2.33. The first-order valence-corrected chi connectivity index (χ1v) is 10.4. The van der Waals surface area contributed by atoms with E-state index in [9.17, 15) is 24.2 Å². The van der Waals surface area contributed by atoms with Crippen LogP contribution in [0.1, 0.15) is 18.2 Å². The van der Waals surface area contributed by atoms with Gasteiger partial charge in [0, 0.05) is 18.2 Å². The number of hydrogen-bond acceptors (Lipinski definition) is 9. The average molecular weight is 439 g/mol. The summed E-state index contributed by atoms with van der Waals surface area (Å²) < 4.78 is 28.8. The Kier molecular flexibility index (Phi) is 5.30. The second kappa shape index (κ2) is 7.78. The van der Waals surface area contributed by atoms with Crippen LogP contribution < -0.4 is 15.9 Å². The van der Waals surface area contributed by atoms with Crippen LogP contribution in [0.5, 0.6) is 0 Å². The highest BCUT2D eigenvalue weighted by Gasteiger charge is 2.38. The molecule has 0 bridgehead atoms. The molecule has 1 aliphatic rings. The maximum Gasteiger partial charge on any atom is 0.547 e. The van der Waals surface area contributed by atoms with Gasteiger partial charge in [-0.2, -0.15) is 0 Å². The van der Waals surface area contributed by atoms with E-state index in [1.807, 2.05) is 0 Å². The third-order valence-corrected chi connectivity index (χ3v) is 5.40. The number of benzene rings is 1. The number of rotatable bonds is 6. The molecule has 4 rings (SSSR count). The number of aromatic amines is 1. The predicted molar refractivity (Wildman–Crippen MR) is 100 cm³/mol. The molecule has 2 aromatic heterocycles. The van der Waals surface area contributed by atoms with Crippen LogP contribution >= 0.6 is 7.82 Å². The van der Waals surface area contributed by atoms with Crippen molar-refractivity contribution in [3.8, 4) is 0 Å². The van der Waals surface area contributed by atoms with Crippen LogP contribution in [0.4, 0.5) is 0 Å². The molecule has 1 aliphatic heterocycles. The number of phosphoric acid groups is 1. The number of phosphoric ester groups is 1. The van der Waals surface area contributed by atoms with Gasteiger partial charge < -0.3 is 9.84 Å². The minimum Gasteiger partial charge on any atom is -0.390 e. The first-order valence-electron chi connectivity index (χ1n) is 8.87. The molecule has 0 amide bonds. The Morgan fingerprint density at radius 1 is 1.37 bits per heavy atom. The van der Waals surface area contributed by atoms with E-state index in [1.54, 1.807) is 24.3 Å². The third kappa shape index (κ3) is 4.06. The predicted octanol–water partition coefficient (Wildman–Crippen LogP) is -0.516. The molecule has 1 aromatic carbocycles. The molecule has 1 saturated heterocycles. The molecule has 0 radical (unpaired) electrons. The molecule has 4 atom stereocenters. The van der Waals surface area contributed by atoms with Crippen LogP contribution in [-0.2, 0) is 13.8 Å².